The maximum Gasteiger partial charge on any atom is 0.311 e. The molecule has 2 atom stereocenters. The molecule has 0 aliphatic carbocycles. The molecule has 1 heterocycles. The number of likely N-dealkylation sites (tertiary alicyclic amines) is 1. The SMILES string of the molecule is COc1ccc(C2CN(Cc3ccccc3)CC2(C)C(=O)O)cc1OCc1ccccc1. The van der Waals surface area contributed by atoms with Gasteiger partial charge < -0.3 is 14.6 Å². The molecule has 166 valence electrons. The van der Waals surface area contributed by atoms with E-state index in [2.05, 4.69) is 17.0 Å². The Morgan fingerprint density at radius 3 is 2.28 bits per heavy atom. The predicted octanol–water partition coefficient (Wildman–Crippen LogP) is 4.96. The van der Waals surface area contributed by atoms with E-state index in [1.54, 1.807) is 7.11 Å². The molecule has 1 aliphatic heterocycles. The molecular weight excluding hydrogens is 402 g/mol. The largest absolute Gasteiger partial charge is 0.493 e. The van der Waals surface area contributed by atoms with E-state index in [1.807, 2.05) is 73.7 Å². The van der Waals surface area contributed by atoms with Crippen molar-refractivity contribution in [1.29, 1.82) is 0 Å². The number of ether oxygens (including phenoxy) is 2. The van der Waals surface area contributed by atoms with Crippen molar-refractivity contribution in [2.45, 2.75) is 26.0 Å². The second-order valence-electron chi connectivity index (χ2n) is 8.61. The van der Waals surface area contributed by atoms with Gasteiger partial charge in [0.15, 0.2) is 11.5 Å². The first-order valence-corrected chi connectivity index (χ1v) is 10.8. The van der Waals surface area contributed by atoms with Gasteiger partial charge in [0.05, 0.1) is 12.5 Å². The number of hydrogen-bond donors (Lipinski definition) is 1. The van der Waals surface area contributed by atoms with E-state index >= 15 is 0 Å². The van der Waals surface area contributed by atoms with Crippen molar-refractivity contribution in [3.05, 3.63) is 95.6 Å². The van der Waals surface area contributed by atoms with E-state index in [0.29, 0.717) is 31.2 Å². The zero-order valence-corrected chi connectivity index (χ0v) is 18.5. The van der Waals surface area contributed by atoms with Crippen LogP contribution in [0.15, 0.2) is 78.9 Å². The number of aliphatic carboxylic acids is 1. The maximum atomic E-state index is 12.3. The minimum absolute atomic E-state index is 0.159. The molecule has 3 aromatic carbocycles. The predicted molar refractivity (Wildman–Crippen MR) is 124 cm³/mol. The Hall–Kier alpha value is -3.31. The van der Waals surface area contributed by atoms with Crippen molar-refractivity contribution < 1.29 is 19.4 Å². The fourth-order valence-electron chi connectivity index (χ4n) is 4.51. The van der Waals surface area contributed by atoms with E-state index in [1.165, 1.54) is 5.56 Å². The summed E-state index contributed by atoms with van der Waals surface area (Å²) in [6.07, 6.45) is 0. The fourth-order valence-corrected chi connectivity index (χ4v) is 4.51. The first-order valence-electron chi connectivity index (χ1n) is 10.8. The normalized spacial score (nSPS) is 20.8. The monoisotopic (exact) mass is 431 g/mol. The van der Waals surface area contributed by atoms with Crippen LogP contribution in [-0.2, 0) is 17.9 Å². The molecule has 3 aromatic rings. The topological polar surface area (TPSA) is 59.0 Å². The molecule has 0 amide bonds. The van der Waals surface area contributed by atoms with Crippen molar-refractivity contribution in [2.75, 3.05) is 20.2 Å². The van der Waals surface area contributed by atoms with E-state index in [4.69, 9.17) is 9.47 Å². The number of carboxylic acids is 1. The summed E-state index contributed by atoms with van der Waals surface area (Å²) in [4.78, 5) is 14.6. The summed E-state index contributed by atoms with van der Waals surface area (Å²) in [5, 5.41) is 10.1. The van der Waals surface area contributed by atoms with Gasteiger partial charge in [0.1, 0.15) is 6.61 Å². The highest BCUT2D eigenvalue weighted by molar-refractivity contribution is 5.77. The second-order valence-corrected chi connectivity index (χ2v) is 8.61. The first kappa shape index (κ1) is 21.9. The first-order chi connectivity index (χ1) is 15.5. The van der Waals surface area contributed by atoms with E-state index in [-0.39, 0.29) is 5.92 Å². The Bertz CT molecular complexity index is 1050. The number of rotatable bonds is 8. The molecule has 0 aromatic heterocycles. The lowest BCUT2D eigenvalue weighted by atomic mass is 9.76. The van der Waals surface area contributed by atoms with Gasteiger partial charge in [0.2, 0.25) is 0 Å². The maximum absolute atomic E-state index is 12.3. The van der Waals surface area contributed by atoms with Crippen LogP contribution >= 0.6 is 0 Å². The van der Waals surface area contributed by atoms with Crippen molar-refractivity contribution in [3.63, 3.8) is 0 Å². The Kier molecular flexibility index (Phi) is 6.47. The van der Waals surface area contributed by atoms with Gasteiger partial charge in [-0.15, -0.1) is 0 Å². The lowest BCUT2D eigenvalue weighted by Gasteiger charge is -2.26. The van der Waals surface area contributed by atoms with Crippen molar-refractivity contribution in [1.82, 2.24) is 4.90 Å². The lowest BCUT2D eigenvalue weighted by molar-refractivity contribution is -0.148. The number of carboxylic acid groups (broad SMARTS) is 1. The van der Waals surface area contributed by atoms with E-state index in [0.717, 1.165) is 17.7 Å². The highest BCUT2D eigenvalue weighted by Gasteiger charge is 2.49. The molecule has 5 heteroatoms. The van der Waals surface area contributed by atoms with Gasteiger partial charge in [-0.1, -0.05) is 66.7 Å². The van der Waals surface area contributed by atoms with Gasteiger partial charge >= 0.3 is 5.97 Å². The standard InChI is InChI=1S/C27H29NO4/c1-27(26(29)30)19-28(16-20-9-5-3-6-10-20)17-23(27)22-13-14-24(31-2)25(15-22)32-18-21-11-7-4-8-12-21/h3-15,23H,16-19H2,1-2H3,(H,29,30). The third-order valence-electron chi connectivity index (χ3n) is 6.33. The number of methoxy groups -OCH3 is 1. The Morgan fingerprint density at radius 1 is 1.00 bits per heavy atom. The summed E-state index contributed by atoms with van der Waals surface area (Å²) in [5.41, 5.74) is 2.31. The van der Waals surface area contributed by atoms with Crippen LogP contribution < -0.4 is 9.47 Å². The molecule has 4 rings (SSSR count). The number of nitrogens with zero attached hydrogens (tertiary/aromatic N) is 1. The fraction of sp³-hybridized carbons (Fsp3) is 0.296. The molecule has 1 saturated heterocycles. The third kappa shape index (κ3) is 4.63. The molecule has 0 radical (unpaired) electrons. The lowest BCUT2D eigenvalue weighted by Crippen LogP contribution is -2.35. The zero-order valence-electron chi connectivity index (χ0n) is 18.5. The smallest absolute Gasteiger partial charge is 0.311 e. The van der Waals surface area contributed by atoms with Gasteiger partial charge in [-0.25, -0.2) is 0 Å². The minimum Gasteiger partial charge on any atom is -0.493 e. The summed E-state index contributed by atoms with van der Waals surface area (Å²) in [7, 11) is 1.61. The highest BCUT2D eigenvalue weighted by atomic mass is 16.5. The average molecular weight is 432 g/mol. The Morgan fingerprint density at radius 2 is 1.66 bits per heavy atom. The van der Waals surface area contributed by atoms with Gasteiger partial charge in [-0.3, -0.25) is 9.69 Å². The van der Waals surface area contributed by atoms with E-state index < -0.39 is 11.4 Å². The van der Waals surface area contributed by atoms with Crippen molar-refractivity contribution in [2.24, 2.45) is 5.41 Å². The number of hydrogen-bond acceptors (Lipinski definition) is 4. The summed E-state index contributed by atoms with van der Waals surface area (Å²) in [6, 6.07) is 25.9. The van der Waals surface area contributed by atoms with Gasteiger partial charge in [-0.2, -0.15) is 0 Å². The molecule has 32 heavy (non-hydrogen) atoms. The third-order valence-corrected chi connectivity index (χ3v) is 6.33. The van der Waals surface area contributed by atoms with Crippen LogP contribution in [0.1, 0.15) is 29.5 Å². The molecule has 5 nitrogen and oxygen atoms in total. The van der Waals surface area contributed by atoms with Gasteiger partial charge in [0, 0.05) is 25.6 Å². The van der Waals surface area contributed by atoms with Gasteiger partial charge in [0.25, 0.3) is 0 Å². The van der Waals surface area contributed by atoms with Crippen LogP contribution in [0.3, 0.4) is 0 Å². The molecule has 0 spiro atoms. The van der Waals surface area contributed by atoms with E-state index in [9.17, 15) is 9.90 Å². The zero-order chi connectivity index (χ0) is 22.6. The Labute approximate surface area is 189 Å². The summed E-state index contributed by atoms with van der Waals surface area (Å²) in [5.74, 6) is 0.332. The number of carbonyl (C=O) groups is 1. The summed E-state index contributed by atoms with van der Waals surface area (Å²) < 4.78 is 11.6. The number of benzene rings is 3. The van der Waals surface area contributed by atoms with Crippen LogP contribution in [0.5, 0.6) is 11.5 Å². The molecule has 1 aliphatic rings. The van der Waals surface area contributed by atoms with Crippen molar-refractivity contribution in [3.8, 4) is 11.5 Å². The van der Waals surface area contributed by atoms with Crippen LogP contribution in [0.25, 0.3) is 0 Å². The molecule has 0 saturated carbocycles. The quantitative estimate of drug-likeness (QED) is 0.546. The summed E-state index contributed by atoms with van der Waals surface area (Å²) >= 11 is 0. The minimum atomic E-state index is -0.889. The van der Waals surface area contributed by atoms with Crippen LogP contribution in [0, 0.1) is 5.41 Å². The summed E-state index contributed by atoms with van der Waals surface area (Å²) in [6.45, 7) is 4.16. The van der Waals surface area contributed by atoms with Gasteiger partial charge in [-0.05, 0) is 35.7 Å². The average Bonchev–Trinajstić information content (AvgIpc) is 3.16. The molecule has 1 N–H and O–H groups in total. The van der Waals surface area contributed by atoms with Crippen molar-refractivity contribution >= 4 is 5.97 Å². The molecular formula is C27H29NO4. The highest BCUT2D eigenvalue weighted by Crippen LogP contribution is 2.45. The molecule has 1 fully saturated rings. The molecule has 2 unspecified atom stereocenters. The van der Waals surface area contributed by atoms with Crippen LogP contribution in [0.2, 0.25) is 0 Å². The molecule has 0 bridgehead atoms. The van der Waals surface area contributed by atoms with Crippen LogP contribution in [-0.4, -0.2) is 36.2 Å². The Balaban J connectivity index is 1.59. The van der Waals surface area contributed by atoms with Crippen LogP contribution in [0.4, 0.5) is 0 Å². The second kappa shape index (κ2) is 9.45.